The van der Waals surface area contributed by atoms with Crippen LogP contribution in [-0.4, -0.2) is 43.0 Å². The summed E-state index contributed by atoms with van der Waals surface area (Å²) in [6, 6.07) is 5.09. The first kappa shape index (κ1) is 19.3. The maximum Gasteiger partial charge on any atom is 0.492 e. The van der Waals surface area contributed by atoms with Crippen LogP contribution < -0.4 is 10.1 Å². The largest absolute Gasteiger partial charge is 0.504 e. The Bertz CT molecular complexity index is 668. The number of phenolic OH excluding ortho intramolecular Hbond substituents is 1. The van der Waals surface area contributed by atoms with Crippen LogP contribution in [0, 0.1) is 0 Å². The molecule has 0 aromatic heterocycles. The summed E-state index contributed by atoms with van der Waals surface area (Å²) < 4.78 is 17.2. The molecule has 0 aliphatic carbocycles. The molecule has 0 bridgehead atoms. The van der Waals surface area contributed by atoms with Gasteiger partial charge in [-0.2, -0.15) is 0 Å². The van der Waals surface area contributed by atoms with E-state index in [1.54, 1.807) is 12.1 Å². The predicted octanol–water partition coefficient (Wildman–Crippen LogP) is 2.55. The lowest BCUT2D eigenvalue weighted by Crippen LogP contribution is -2.41. The summed E-state index contributed by atoms with van der Waals surface area (Å²) in [5.74, 6) is 0.306. The highest BCUT2D eigenvalue weighted by molar-refractivity contribution is 6.56. The van der Waals surface area contributed by atoms with Crippen LogP contribution in [0.5, 0.6) is 11.5 Å². The van der Waals surface area contributed by atoms with Crippen molar-refractivity contribution >= 4 is 19.1 Å². The zero-order chi connectivity index (χ0) is 18.8. The molecule has 0 saturated carbocycles. The molecule has 1 aliphatic heterocycles. The maximum atomic E-state index is 11.3. The Morgan fingerprint density at radius 1 is 1.28 bits per heavy atom. The monoisotopic (exact) mass is 347 g/mol. The molecular weight excluding hydrogens is 321 g/mol. The van der Waals surface area contributed by atoms with E-state index in [0.717, 1.165) is 11.0 Å². The summed E-state index contributed by atoms with van der Waals surface area (Å²) in [5, 5.41) is 12.7. The number of carbonyl (C=O) groups is 1. The Morgan fingerprint density at radius 2 is 1.88 bits per heavy atom. The second-order valence-corrected chi connectivity index (χ2v) is 7.15. The van der Waals surface area contributed by atoms with Crippen LogP contribution in [0.3, 0.4) is 0 Å². The number of amides is 1. The van der Waals surface area contributed by atoms with E-state index in [1.807, 2.05) is 39.8 Å². The van der Waals surface area contributed by atoms with Gasteiger partial charge in [0.05, 0.1) is 18.3 Å². The smallest absolute Gasteiger partial charge is 0.492 e. The van der Waals surface area contributed by atoms with Gasteiger partial charge in [-0.25, -0.2) is 0 Å². The summed E-state index contributed by atoms with van der Waals surface area (Å²) >= 11 is 0. The molecule has 1 heterocycles. The van der Waals surface area contributed by atoms with Gasteiger partial charge in [-0.3, -0.25) is 4.79 Å². The SMILES string of the molecule is COc1ccc(C=C(CNC(C)=O)B2OC(C)(C)C(C)(C)O2)cc1O. The number of phenols is 1. The standard InChI is InChI=1S/C18H26BNO5/c1-12(21)20-11-14(19-24-17(2,3)18(4,5)25-19)9-13-7-8-16(23-6)15(22)10-13/h7-10,22H,11H2,1-6H3,(H,20,21). The van der Waals surface area contributed by atoms with E-state index in [1.165, 1.54) is 14.0 Å². The number of nitrogens with one attached hydrogen (secondary N) is 1. The Kier molecular flexibility index (Phi) is 5.49. The van der Waals surface area contributed by atoms with Gasteiger partial charge in [0.25, 0.3) is 0 Å². The third-order valence-electron chi connectivity index (χ3n) is 4.65. The molecular formula is C18H26BNO5. The van der Waals surface area contributed by atoms with Gasteiger partial charge in [0, 0.05) is 13.5 Å². The number of aromatic hydroxyl groups is 1. The number of ether oxygens (including phenoxy) is 1. The van der Waals surface area contributed by atoms with E-state index >= 15 is 0 Å². The highest BCUT2D eigenvalue weighted by Gasteiger charge is 2.52. The van der Waals surface area contributed by atoms with Gasteiger partial charge < -0.3 is 24.5 Å². The molecule has 1 aromatic carbocycles. The molecule has 1 fully saturated rings. The molecule has 136 valence electrons. The fraction of sp³-hybridized carbons (Fsp3) is 0.500. The van der Waals surface area contributed by atoms with Crippen LogP contribution in [-0.2, 0) is 14.1 Å². The second kappa shape index (κ2) is 7.10. The molecule has 0 unspecified atom stereocenters. The Morgan fingerprint density at radius 3 is 2.36 bits per heavy atom. The zero-order valence-electron chi connectivity index (χ0n) is 15.7. The van der Waals surface area contributed by atoms with Crippen molar-refractivity contribution in [3.8, 4) is 11.5 Å². The summed E-state index contributed by atoms with van der Waals surface area (Å²) in [6.07, 6.45) is 1.84. The van der Waals surface area contributed by atoms with Crippen LogP contribution in [0.2, 0.25) is 0 Å². The minimum absolute atomic E-state index is 0.0454. The van der Waals surface area contributed by atoms with E-state index in [4.69, 9.17) is 14.0 Å². The topological polar surface area (TPSA) is 77.0 Å². The highest BCUT2D eigenvalue weighted by atomic mass is 16.7. The molecule has 2 N–H and O–H groups in total. The van der Waals surface area contributed by atoms with E-state index in [-0.39, 0.29) is 11.7 Å². The highest BCUT2D eigenvalue weighted by Crippen LogP contribution is 2.39. The summed E-state index contributed by atoms with van der Waals surface area (Å²) in [5.41, 5.74) is 0.566. The number of benzene rings is 1. The average molecular weight is 347 g/mol. The van der Waals surface area contributed by atoms with Crippen molar-refractivity contribution in [2.24, 2.45) is 0 Å². The summed E-state index contributed by atoms with van der Waals surface area (Å²) in [6.45, 7) is 9.65. The molecule has 1 aromatic rings. The van der Waals surface area contributed by atoms with Crippen molar-refractivity contribution in [1.29, 1.82) is 0 Å². The first-order valence-electron chi connectivity index (χ1n) is 8.23. The number of rotatable bonds is 5. The molecule has 25 heavy (non-hydrogen) atoms. The van der Waals surface area contributed by atoms with E-state index < -0.39 is 18.3 Å². The van der Waals surface area contributed by atoms with Gasteiger partial charge >= 0.3 is 7.12 Å². The van der Waals surface area contributed by atoms with Gasteiger partial charge in [0.1, 0.15) is 0 Å². The molecule has 7 heteroatoms. The zero-order valence-corrected chi connectivity index (χ0v) is 15.7. The Hall–Kier alpha value is -1.99. The molecule has 0 radical (unpaired) electrons. The number of hydrogen-bond acceptors (Lipinski definition) is 5. The second-order valence-electron chi connectivity index (χ2n) is 7.15. The van der Waals surface area contributed by atoms with Crippen LogP contribution in [0.25, 0.3) is 6.08 Å². The molecule has 6 nitrogen and oxygen atoms in total. The van der Waals surface area contributed by atoms with E-state index in [9.17, 15) is 9.90 Å². The normalized spacial score (nSPS) is 19.0. The first-order chi connectivity index (χ1) is 11.6. The van der Waals surface area contributed by atoms with Gasteiger partial charge in [0.15, 0.2) is 11.5 Å². The van der Waals surface area contributed by atoms with Crippen molar-refractivity contribution in [1.82, 2.24) is 5.32 Å². The van der Waals surface area contributed by atoms with Gasteiger partial charge in [0.2, 0.25) is 5.91 Å². The lowest BCUT2D eigenvalue weighted by Gasteiger charge is -2.32. The molecule has 0 atom stereocenters. The molecule has 0 spiro atoms. The van der Waals surface area contributed by atoms with Crippen LogP contribution in [0.15, 0.2) is 23.7 Å². The lowest BCUT2D eigenvalue weighted by atomic mass is 9.77. The minimum Gasteiger partial charge on any atom is -0.504 e. The van der Waals surface area contributed by atoms with Crippen LogP contribution in [0.1, 0.15) is 40.2 Å². The number of carbonyl (C=O) groups excluding carboxylic acids is 1. The van der Waals surface area contributed by atoms with Gasteiger partial charge in [-0.05, 0) is 50.9 Å². The molecule has 2 rings (SSSR count). The van der Waals surface area contributed by atoms with Crippen molar-refractivity contribution in [2.75, 3.05) is 13.7 Å². The van der Waals surface area contributed by atoms with Gasteiger partial charge in [-0.15, -0.1) is 0 Å². The van der Waals surface area contributed by atoms with Crippen molar-refractivity contribution < 1.29 is 23.9 Å². The van der Waals surface area contributed by atoms with Crippen molar-refractivity contribution in [2.45, 2.75) is 45.8 Å². The maximum absolute atomic E-state index is 11.3. The number of methoxy groups -OCH3 is 1. The summed E-state index contributed by atoms with van der Waals surface area (Å²) in [4.78, 5) is 11.3. The van der Waals surface area contributed by atoms with E-state index in [0.29, 0.717) is 12.3 Å². The van der Waals surface area contributed by atoms with Crippen LogP contribution >= 0.6 is 0 Å². The minimum atomic E-state index is -0.582. The third-order valence-corrected chi connectivity index (χ3v) is 4.65. The Balaban J connectivity index is 2.33. The quantitative estimate of drug-likeness (QED) is 0.801. The first-order valence-corrected chi connectivity index (χ1v) is 8.23. The van der Waals surface area contributed by atoms with Crippen LogP contribution in [0.4, 0.5) is 0 Å². The number of hydrogen-bond donors (Lipinski definition) is 2. The molecule has 1 saturated heterocycles. The fourth-order valence-electron chi connectivity index (χ4n) is 2.43. The average Bonchev–Trinajstić information content (AvgIpc) is 2.71. The van der Waals surface area contributed by atoms with E-state index in [2.05, 4.69) is 5.32 Å². The lowest BCUT2D eigenvalue weighted by molar-refractivity contribution is -0.118. The molecule has 1 aliphatic rings. The third kappa shape index (κ3) is 4.35. The van der Waals surface area contributed by atoms with Crippen molar-refractivity contribution in [3.05, 3.63) is 29.2 Å². The van der Waals surface area contributed by atoms with Crippen molar-refractivity contribution in [3.63, 3.8) is 0 Å². The summed E-state index contributed by atoms with van der Waals surface area (Å²) in [7, 11) is 0.915. The van der Waals surface area contributed by atoms with Gasteiger partial charge in [-0.1, -0.05) is 12.1 Å². The Labute approximate surface area is 149 Å². The molecule has 1 amide bonds. The fourth-order valence-corrected chi connectivity index (χ4v) is 2.43. The predicted molar refractivity (Wildman–Crippen MR) is 97.4 cm³/mol.